The summed E-state index contributed by atoms with van der Waals surface area (Å²) in [6.07, 6.45) is 0.559. The maximum absolute atomic E-state index is 13.3. The Morgan fingerprint density at radius 2 is 1.69 bits per heavy atom. The topological polar surface area (TPSA) is 197 Å². The molecule has 3 amide bonds. The van der Waals surface area contributed by atoms with Crippen molar-refractivity contribution in [3.63, 3.8) is 0 Å². The standard InChI is InChI=1S/C26H47N5O8/c1-8-16(4)21(24(36)37)30-31(11-9-10-19(31)23(34)35)14-17(12-15(2)3)28-22(33)18(13-20(27)32)29-25(38)39-26(5,6)7/h15-19,21,30H,8-14H2,1-7H3,(H5-,27,28,29,32,33,34,35,36,37,38)/p+1/t16-,17-,18-,19-,21-,31?/m0/s1. The number of hydrogen-bond acceptors (Lipinski definition) is 7. The molecule has 13 heteroatoms. The lowest BCUT2D eigenvalue weighted by Crippen LogP contribution is -2.71. The van der Waals surface area contributed by atoms with Gasteiger partial charge in [0.05, 0.1) is 19.0 Å². The number of carboxylic acids is 2. The van der Waals surface area contributed by atoms with E-state index >= 15 is 0 Å². The number of alkyl carbamates (subject to hydrolysis) is 1. The van der Waals surface area contributed by atoms with Crippen LogP contribution < -0.4 is 21.8 Å². The van der Waals surface area contributed by atoms with Crippen molar-refractivity contribution < 1.29 is 43.5 Å². The lowest BCUT2D eigenvalue weighted by Gasteiger charge is -2.43. The predicted octanol–water partition coefficient (Wildman–Crippen LogP) is 1.35. The minimum atomic E-state index is -1.31. The van der Waals surface area contributed by atoms with Gasteiger partial charge in [0, 0.05) is 12.8 Å². The van der Waals surface area contributed by atoms with Crippen molar-refractivity contribution in [1.29, 1.82) is 0 Å². The molecular weight excluding hydrogens is 510 g/mol. The van der Waals surface area contributed by atoms with E-state index < -0.39 is 66.0 Å². The summed E-state index contributed by atoms with van der Waals surface area (Å²) in [5.74, 6) is -3.80. The summed E-state index contributed by atoms with van der Waals surface area (Å²) in [5, 5.41) is 25.2. The zero-order chi connectivity index (χ0) is 30.1. The van der Waals surface area contributed by atoms with Crippen molar-refractivity contribution in [3.05, 3.63) is 0 Å². The van der Waals surface area contributed by atoms with Crippen LogP contribution in [-0.2, 0) is 23.9 Å². The maximum Gasteiger partial charge on any atom is 0.408 e. The molecule has 1 aliphatic heterocycles. The Hall–Kier alpha value is -2.93. The van der Waals surface area contributed by atoms with Crippen LogP contribution in [0.25, 0.3) is 0 Å². The molecule has 6 atom stereocenters. The van der Waals surface area contributed by atoms with Gasteiger partial charge in [-0.25, -0.2) is 14.2 Å². The fourth-order valence-electron chi connectivity index (χ4n) is 4.97. The van der Waals surface area contributed by atoms with E-state index in [1.807, 2.05) is 20.8 Å². The summed E-state index contributed by atoms with van der Waals surface area (Å²) >= 11 is 0. The molecule has 0 bridgehead atoms. The van der Waals surface area contributed by atoms with Crippen LogP contribution in [0.1, 0.15) is 80.6 Å². The first-order chi connectivity index (χ1) is 17.9. The van der Waals surface area contributed by atoms with Gasteiger partial charge in [0.1, 0.15) is 18.2 Å². The first-order valence-corrected chi connectivity index (χ1v) is 13.6. The van der Waals surface area contributed by atoms with E-state index in [9.17, 15) is 34.2 Å². The summed E-state index contributed by atoms with van der Waals surface area (Å²) in [7, 11) is 0. The number of nitrogens with one attached hydrogen (secondary N) is 3. The Kier molecular flexibility index (Phi) is 12.6. The molecule has 1 heterocycles. The third-order valence-electron chi connectivity index (χ3n) is 6.85. The summed E-state index contributed by atoms with van der Waals surface area (Å²) in [5.41, 5.74) is 7.64. The number of likely N-dealkylation sites (tertiary alicyclic amines) is 1. The largest absolute Gasteiger partial charge is 0.480 e. The Bertz CT molecular complexity index is 890. The molecule has 0 spiro atoms. The van der Waals surface area contributed by atoms with Crippen molar-refractivity contribution in [3.8, 4) is 0 Å². The number of primary amides is 1. The monoisotopic (exact) mass is 558 g/mol. The average molecular weight is 559 g/mol. The van der Waals surface area contributed by atoms with Gasteiger partial charge in [-0.15, -0.1) is 0 Å². The van der Waals surface area contributed by atoms with Crippen molar-refractivity contribution in [1.82, 2.24) is 16.1 Å². The zero-order valence-electron chi connectivity index (χ0n) is 24.3. The maximum atomic E-state index is 13.3. The van der Waals surface area contributed by atoms with Crippen molar-refractivity contribution in [2.24, 2.45) is 17.6 Å². The molecule has 7 N–H and O–H groups in total. The molecule has 1 saturated heterocycles. The molecule has 1 rings (SSSR count). The molecule has 39 heavy (non-hydrogen) atoms. The SMILES string of the molecule is CC[C@H](C)[C@H](N[N+]1(C[C@H](CC(C)C)NC(=O)[C@H](CC(N)=O)NC(=O)OC(C)(C)C)CCC[C@H]1C(=O)O)C(=O)O. The minimum Gasteiger partial charge on any atom is -0.480 e. The van der Waals surface area contributed by atoms with Crippen LogP contribution in [0.4, 0.5) is 4.79 Å². The number of ether oxygens (including phenoxy) is 1. The normalized spacial score (nSPS) is 22.4. The summed E-state index contributed by atoms with van der Waals surface area (Å²) < 4.78 is 5.00. The van der Waals surface area contributed by atoms with E-state index in [4.69, 9.17) is 10.5 Å². The van der Waals surface area contributed by atoms with Crippen LogP contribution in [0.5, 0.6) is 0 Å². The van der Waals surface area contributed by atoms with Gasteiger partial charge in [-0.05, 0) is 39.0 Å². The number of amides is 3. The number of hydrogen-bond donors (Lipinski definition) is 6. The Labute approximate surface area is 230 Å². The minimum absolute atomic E-state index is 0.0828. The molecule has 0 aromatic carbocycles. The number of carbonyl (C=O) groups excluding carboxylic acids is 3. The average Bonchev–Trinajstić information content (AvgIpc) is 3.17. The fraction of sp³-hybridized carbons (Fsp3) is 0.808. The summed E-state index contributed by atoms with van der Waals surface area (Å²) in [6, 6.07) is -3.83. The van der Waals surface area contributed by atoms with Crippen LogP contribution in [-0.4, -0.2) is 87.5 Å². The number of nitrogens with zero attached hydrogens (tertiary/aromatic N) is 1. The van der Waals surface area contributed by atoms with E-state index in [1.54, 1.807) is 27.7 Å². The molecule has 0 aliphatic carbocycles. The van der Waals surface area contributed by atoms with Gasteiger partial charge in [-0.3, -0.25) is 14.4 Å². The second-order valence-electron chi connectivity index (χ2n) is 12.0. The number of carboxylic acid groups (broad SMARTS) is 2. The Morgan fingerprint density at radius 3 is 2.15 bits per heavy atom. The van der Waals surface area contributed by atoms with Crippen molar-refractivity contribution in [2.45, 2.75) is 110 Å². The summed E-state index contributed by atoms with van der Waals surface area (Å²) in [4.78, 5) is 61.8. The van der Waals surface area contributed by atoms with Crippen LogP contribution in [0.3, 0.4) is 0 Å². The quantitative estimate of drug-likeness (QED) is 0.161. The van der Waals surface area contributed by atoms with Crippen molar-refractivity contribution in [2.75, 3.05) is 13.1 Å². The van der Waals surface area contributed by atoms with Crippen LogP contribution in [0, 0.1) is 11.8 Å². The van der Waals surface area contributed by atoms with Gasteiger partial charge in [-0.1, -0.05) is 34.1 Å². The molecular formula is C26H48N5O8+. The summed E-state index contributed by atoms with van der Waals surface area (Å²) in [6.45, 7) is 13.0. The molecule has 1 fully saturated rings. The number of rotatable bonds is 15. The Balaban J connectivity index is 3.33. The smallest absolute Gasteiger partial charge is 0.408 e. The van der Waals surface area contributed by atoms with E-state index in [2.05, 4.69) is 16.1 Å². The van der Waals surface area contributed by atoms with Crippen LogP contribution in [0.2, 0.25) is 0 Å². The molecule has 13 nitrogen and oxygen atoms in total. The van der Waals surface area contributed by atoms with Gasteiger partial charge in [-0.2, -0.15) is 5.43 Å². The highest BCUT2D eigenvalue weighted by atomic mass is 16.6. The zero-order valence-corrected chi connectivity index (χ0v) is 24.3. The second-order valence-corrected chi connectivity index (χ2v) is 12.0. The van der Waals surface area contributed by atoms with Crippen molar-refractivity contribution >= 4 is 29.8 Å². The first kappa shape index (κ1) is 34.1. The molecule has 0 saturated carbocycles. The van der Waals surface area contributed by atoms with E-state index in [0.717, 1.165) is 0 Å². The third-order valence-corrected chi connectivity index (χ3v) is 6.85. The first-order valence-electron chi connectivity index (χ1n) is 13.6. The van der Waals surface area contributed by atoms with Gasteiger partial charge in [0.2, 0.25) is 17.9 Å². The third kappa shape index (κ3) is 11.0. The van der Waals surface area contributed by atoms with E-state index in [1.165, 1.54) is 0 Å². The Morgan fingerprint density at radius 1 is 1.08 bits per heavy atom. The molecule has 224 valence electrons. The molecule has 1 unspecified atom stereocenters. The van der Waals surface area contributed by atoms with Gasteiger partial charge >= 0.3 is 18.0 Å². The lowest BCUT2D eigenvalue weighted by molar-refractivity contribution is -0.976. The second kappa shape index (κ2) is 14.5. The molecule has 0 aromatic heterocycles. The van der Waals surface area contributed by atoms with Gasteiger partial charge in [0.15, 0.2) is 6.04 Å². The molecule has 0 aromatic rings. The van der Waals surface area contributed by atoms with Crippen LogP contribution in [0.15, 0.2) is 0 Å². The number of nitrogens with two attached hydrogens (primary N) is 1. The fourth-order valence-corrected chi connectivity index (χ4v) is 4.97. The molecule has 1 aliphatic rings. The highest BCUT2D eigenvalue weighted by molar-refractivity contribution is 5.90. The van der Waals surface area contributed by atoms with E-state index in [0.29, 0.717) is 32.2 Å². The van der Waals surface area contributed by atoms with Gasteiger partial charge in [0.25, 0.3) is 0 Å². The van der Waals surface area contributed by atoms with Crippen LogP contribution >= 0.6 is 0 Å². The predicted molar refractivity (Wildman–Crippen MR) is 143 cm³/mol. The van der Waals surface area contributed by atoms with E-state index in [-0.39, 0.29) is 23.0 Å². The molecule has 0 radical (unpaired) electrons. The highest BCUT2D eigenvalue weighted by Crippen LogP contribution is 2.28. The lowest BCUT2D eigenvalue weighted by atomic mass is 9.99. The number of aliphatic carboxylic acids is 2. The number of quaternary nitrogens is 1. The highest BCUT2D eigenvalue weighted by Gasteiger charge is 2.51. The number of carbonyl (C=O) groups is 5. The van der Waals surface area contributed by atoms with Gasteiger partial charge < -0.3 is 31.3 Å².